The van der Waals surface area contributed by atoms with Crippen molar-refractivity contribution >= 4 is 34.8 Å². The van der Waals surface area contributed by atoms with Gasteiger partial charge in [0.05, 0.1) is 11.9 Å². The van der Waals surface area contributed by atoms with Gasteiger partial charge in [-0.2, -0.15) is 0 Å². The lowest BCUT2D eigenvalue weighted by Gasteiger charge is -2.43. The van der Waals surface area contributed by atoms with Crippen LogP contribution in [0, 0.1) is 0 Å². The predicted molar refractivity (Wildman–Crippen MR) is 122 cm³/mol. The van der Waals surface area contributed by atoms with Crippen molar-refractivity contribution in [1.82, 2.24) is 0 Å². The van der Waals surface area contributed by atoms with Crippen molar-refractivity contribution in [3.8, 4) is 5.75 Å². The molecule has 0 bridgehead atoms. The Morgan fingerprint density at radius 1 is 0.946 bits per heavy atom. The van der Waals surface area contributed by atoms with Gasteiger partial charge >= 0.3 is 23.9 Å². The standard InChI is InChI=1S/C23H25N3O11/c1-11(27)31-10-19-20(32-12(2)28)21(33-13(3)29)22(34-14(4)30)23(37-19)36-18-7-5-6-17-16(18)8-15(35-17)9-25-26-24/h5-8,19-23H,9-10H2,1-4H3/t19-,20+,21+,22-,23-/m1/s1. The van der Waals surface area contributed by atoms with Gasteiger partial charge in [0.2, 0.25) is 12.4 Å². The topological polar surface area (TPSA) is 186 Å². The summed E-state index contributed by atoms with van der Waals surface area (Å²) in [6, 6.07) is 6.48. The number of esters is 4. The second-order valence-electron chi connectivity index (χ2n) is 7.96. The summed E-state index contributed by atoms with van der Waals surface area (Å²) in [6.45, 7) is 4.14. The number of carbonyl (C=O) groups is 4. The van der Waals surface area contributed by atoms with Gasteiger partial charge in [-0.25, -0.2) is 0 Å². The van der Waals surface area contributed by atoms with E-state index < -0.39 is 54.6 Å². The molecule has 1 fully saturated rings. The lowest BCUT2D eigenvalue weighted by Crippen LogP contribution is -2.63. The molecule has 37 heavy (non-hydrogen) atoms. The number of benzene rings is 1. The molecule has 1 aromatic carbocycles. The molecule has 2 heterocycles. The van der Waals surface area contributed by atoms with Gasteiger partial charge in [0, 0.05) is 32.6 Å². The van der Waals surface area contributed by atoms with E-state index in [0.717, 1.165) is 20.8 Å². The molecule has 0 radical (unpaired) electrons. The number of hydrogen-bond acceptors (Lipinski definition) is 12. The van der Waals surface area contributed by atoms with Gasteiger partial charge in [-0.3, -0.25) is 19.2 Å². The van der Waals surface area contributed by atoms with Gasteiger partial charge in [-0.1, -0.05) is 11.2 Å². The van der Waals surface area contributed by atoms with Crippen LogP contribution >= 0.6 is 0 Å². The van der Waals surface area contributed by atoms with Gasteiger partial charge in [0.15, 0.2) is 12.2 Å². The van der Waals surface area contributed by atoms with Gasteiger partial charge in [-0.15, -0.1) is 0 Å². The highest BCUT2D eigenvalue weighted by Crippen LogP contribution is 2.34. The van der Waals surface area contributed by atoms with E-state index in [-0.39, 0.29) is 18.9 Å². The summed E-state index contributed by atoms with van der Waals surface area (Å²) in [5, 5.41) is 3.96. The maximum atomic E-state index is 12.0. The highest BCUT2D eigenvalue weighted by Gasteiger charge is 2.53. The van der Waals surface area contributed by atoms with Gasteiger partial charge in [0.25, 0.3) is 0 Å². The third-order valence-electron chi connectivity index (χ3n) is 5.05. The molecule has 0 aliphatic carbocycles. The zero-order chi connectivity index (χ0) is 27.1. The van der Waals surface area contributed by atoms with Gasteiger partial charge < -0.3 is 32.8 Å². The second-order valence-corrected chi connectivity index (χ2v) is 7.96. The Balaban J connectivity index is 2.03. The fraction of sp³-hybridized carbons (Fsp3) is 0.478. The van der Waals surface area contributed by atoms with E-state index in [0.29, 0.717) is 16.7 Å². The highest BCUT2D eigenvalue weighted by atomic mass is 16.7. The number of hydrogen-bond donors (Lipinski definition) is 0. The summed E-state index contributed by atoms with van der Waals surface area (Å²) < 4.78 is 38.9. The Hall–Kier alpha value is -4.29. The molecule has 0 spiro atoms. The molecule has 2 aromatic rings. The Morgan fingerprint density at radius 2 is 1.59 bits per heavy atom. The number of azide groups is 1. The summed E-state index contributed by atoms with van der Waals surface area (Å²) in [5.41, 5.74) is 8.98. The molecule has 198 valence electrons. The smallest absolute Gasteiger partial charge is 0.303 e. The molecule has 1 aromatic heterocycles. The fourth-order valence-electron chi connectivity index (χ4n) is 3.78. The molecule has 0 saturated carbocycles. The fourth-order valence-corrected chi connectivity index (χ4v) is 3.78. The molecule has 5 atom stereocenters. The number of fused-ring (bicyclic) bond motifs is 1. The summed E-state index contributed by atoms with van der Waals surface area (Å²) in [4.78, 5) is 50.0. The van der Waals surface area contributed by atoms with E-state index in [1.807, 2.05) is 0 Å². The lowest BCUT2D eigenvalue weighted by molar-refractivity contribution is -0.288. The maximum Gasteiger partial charge on any atom is 0.303 e. The predicted octanol–water partition coefficient (Wildman–Crippen LogP) is 2.71. The molecular weight excluding hydrogens is 494 g/mol. The zero-order valence-corrected chi connectivity index (χ0v) is 20.4. The van der Waals surface area contributed by atoms with E-state index in [2.05, 4.69) is 10.0 Å². The largest absolute Gasteiger partial charge is 0.463 e. The minimum absolute atomic E-state index is 0.0380. The van der Waals surface area contributed by atoms with E-state index >= 15 is 0 Å². The van der Waals surface area contributed by atoms with Crippen molar-refractivity contribution in [2.45, 2.75) is 64.9 Å². The van der Waals surface area contributed by atoms with Crippen LogP contribution in [0.15, 0.2) is 33.8 Å². The lowest BCUT2D eigenvalue weighted by atomic mass is 9.98. The molecule has 14 heteroatoms. The summed E-state index contributed by atoms with van der Waals surface area (Å²) in [6.07, 6.45) is -6.61. The second kappa shape index (κ2) is 12.1. The molecule has 1 aliphatic heterocycles. The van der Waals surface area contributed by atoms with Gasteiger partial charge in [0.1, 0.15) is 29.8 Å². The van der Waals surface area contributed by atoms with E-state index in [1.54, 1.807) is 24.3 Å². The summed E-state index contributed by atoms with van der Waals surface area (Å²) >= 11 is 0. The zero-order valence-electron chi connectivity index (χ0n) is 20.4. The van der Waals surface area contributed by atoms with Crippen LogP contribution in [0.1, 0.15) is 33.5 Å². The van der Waals surface area contributed by atoms with E-state index in [9.17, 15) is 19.2 Å². The van der Waals surface area contributed by atoms with Crippen LogP contribution in [0.3, 0.4) is 0 Å². The van der Waals surface area contributed by atoms with Crippen molar-refractivity contribution in [3.05, 3.63) is 40.5 Å². The first-order chi connectivity index (χ1) is 17.6. The Labute approximate surface area is 210 Å². The molecular formula is C23H25N3O11. The molecule has 1 saturated heterocycles. The average Bonchev–Trinajstić information content (AvgIpc) is 3.23. The third-order valence-corrected chi connectivity index (χ3v) is 5.05. The van der Waals surface area contributed by atoms with E-state index in [4.69, 9.17) is 38.4 Å². The molecule has 3 rings (SSSR count). The Morgan fingerprint density at radius 3 is 2.22 bits per heavy atom. The number of rotatable bonds is 9. The van der Waals surface area contributed by atoms with Crippen LogP contribution in [-0.2, 0) is 49.4 Å². The Bertz CT molecular complexity index is 1220. The summed E-state index contributed by atoms with van der Waals surface area (Å²) in [7, 11) is 0. The molecule has 14 nitrogen and oxygen atoms in total. The van der Waals surface area contributed by atoms with E-state index in [1.165, 1.54) is 6.92 Å². The number of nitrogens with zero attached hydrogens (tertiary/aromatic N) is 3. The number of carbonyl (C=O) groups excluding carboxylic acids is 4. The molecule has 0 amide bonds. The SMILES string of the molecule is CC(=O)OC[C@H]1O[C@@H](Oc2cccc3oc(CN=[N+]=[N-])cc23)[C@H](OC(C)=O)[C@@H](OC(C)=O)[C@H]1OC(C)=O. The van der Waals surface area contributed by atoms with Crippen molar-refractivity contribution in [2.75, 3.05) is 6.61 Å². The Kier molecular flexibility index (Phi) is 8.93. The van der Waals surface area contributed by atoms with Crippen molar-refractivity contribution in [1.29, 1.82) is 0 Å². The molecule has 1 aliphatic rings. The minimum Gasteiger partial charge on any atom is -0.463 e. The van der Waals surface area contributed by atoms with Crippen LogP contribution < -0.4 is 4.74 Å². The quantitative estimate of drug-likeness (QED) is 0.156. The van der Waals surface area contributed by atoms with Crippen molar-refractivity contribution < 1.29 is 52.0 Å². The molecule has 0 unspecified atom stereocenters. The minimum atomic E-state index is -1.40. The summed E-state index contributed by atoms with van der Waals surface area (Å²) in [5.74, 6) is -2.29. The van der Waals surface area contributed by atoms with Crippen molar-refractivity contribution in [3.63, 3.8) is 0 Å². The first kappa shape index (κ1) is 27.3. The van der Waals surface area contributed by atoms with Crippen LogP contribution in [0.4, 0.5) is 0 Å². The average molecular weight is 519 g/mol. The first-order valence-electron chi connectivity index (χ1n) is 11.1. The monoisotopic (exact) mass is 519 g/mol. The van der Waals surface area contributed by atoms with Crippen molar-refractivity contribution in [2.24, 2.45) is 5.11 Å². The van der Waals surface area contributed by atoms with Gasteiger partial charge in [-0.05, 0) is 23.7 Å². The van der Waals surface area contributed by atoms with Crippen LogP contribution in [0.5, 0.6) is 5.75 Å². The normalized spacial score (nSPS) is 22.9. The molecule has 0 N–H and O–H groups in total. The van der Waals surface area contributed by atoms with Crippen LogP contribution in [-0.4, -0.2) is 61.2 Å². The van der Waals surface area contributed by atoms with Crippen LogP contribution in [0.2, 0.25) is 0 Å². The number of furan rings is 1. The number of ether oxygens (including phenoxy) is 6. The maximum absolute atomic E-state index is 12.0. The first-order valence-corrected chi connectivity index (χ1v) is 11.1. The van der Waals surface area contributed by atoms with Crippen LogP contribution in [0.25, 0.3) is 21.4 Å². The third kappa shape index (κ3) is 7.12. The highest BCUT2D eigenvalue weighted by molar-refractivity contribution is 5.84.